The van der Waals surface area contributed by atoms with Gasteiger partial charge in [0.05, 0.1) is 17.7 Å². The zero-order valence-corrected chi connectivity index (χ0v) is 16.5. The summed E-state index contributed by atoms with van der Waals surface area (Å²) < 4.78 is 16.4. The molecule has 0 bridgehead atoms. The minimum absolute atomic E-state index is 0.146. The summed E-state index contributed by atoms with van der Waals surface area (Å²) in [6.07, 6.45) is -1.68. The van der Waals surface area contributed by atoms with Crippen LogP contribution < -0.4 is 0 Å². The Morgan fingerprint density at radius 1 is 1.39 bits per heavy atom. The normalized spacial score (nSPS) is 26.4. The Kier molecular flexibility index (Phi) is 7.70. The highest BCUT2D eigenvalue weighted by Crippen LogP contribution is 2.39. The third-order valence-electron chi connectivity index (χ3n) is 4.13. The maximum absolute atomic E-state index is 11.5. The lowest BCUT2D eigenvalue weighted by Crippen LogP contribution is -2.55. The standard InChI is InChI=1S/C18H20N4O5S/c1-10-16(21-22-20)17(26-12(3)24)15(9-25-11(2)23)27-18(10)28-14-6-4-5-13(7-14)8-19/h4-7,10,15-18H,9H2,1-3H3/t10?,15?,16-,17+,18-/m1/s1. The molecule has 0 N–H and O–H groups in total. The minimum Gasteiger partial charge on any atom is -0.463 e. The summed E-state index contributed by atoms with van der Waals surface area (Å²) in [6.45, 7) is 4.18. The van der Waals surface area contributed by atoms with Gasteiger partial charge >= 0.3 is 11.9 Å². The largest absolute Gasteiger partial charge is 0.463 e. The predicted octanol–water partition coefficient (Wildman–Crippen LogP) is 3.19. The molecule has 0 aromatic heterocycles. The lowest BCUT2D eigenvalue weighted by Gasteiger charge is -2.43. The first-order chi connectivity index (χ1) is 13.3. The van der Waals surface area contributed by atoms with E-state index in [1.165, 1.54) is 25.6 Å². The summed E-state index contributed by atoms with van der Waals surface area (Å²) in [5, 5.41) is 12.9. The molecule has 5 atom stereocenters. The number of hydrogen-bond donors (Lipinski definition) is 0. The Balaban J connectivity index is 2.30. The van der Waals surface area contributed by atoms with Crippen LogP contribution in [0.3, 0.4) is 0 Å². The van der Waals surface area contributed by atoms with Crippen molar-refractivity contribution in [3.8, 4) is 6.07 Å². The van der Waals surface area contributed by atoms with E-state index in [1.54, 1.807) is 18.2 Å². The van der Waals surface area contributed by atoms with Gasteiger partial charge in [0.2, 0.25) is 0 Å². The number of carbonyl (C=O) groups excluding carboxylic acids is 2. The second-order valence-electron chi connectivity index (χ2n) is 6.23. The molecule has 28 heavy (non-hydrogen) atoms. The first-order valence-corrected chi connectivity index (χ1v) is 9.40. The molecule has 0 spiro atoms. The Bertz CT molecular complexity index is 820. The molecule has 0 amide bonds. The van der Waals surface area contributed by atoms with Gasteiger partial charge in [0.1, 0.15) is 24.3 Å². The van der Waals surface area contributed by atoms with E-state index in [0.29, 0.717) is 5.56 Å². The van der Waals surface area contributed by atoms with E-state index >= 15 is 0 Å². The van der Waals surface area contributed by atoms with Crippen molar-refractivity contribution < 1.29 is 23.8 Å². The van der Waals surface area contributed by atoms with Crippen LogP contribution in [0.15, 0.2) is 34.3 Å². The van der Waals surface area contributed by atoms with Crippen molar-refractivity contribution in [2.24, 2.45) is 11.0 Å². The Hall–Kier alpha value is -2.73. The van der Waals surface area contributed by atoms with Gasteiger partial charge in [0.15, 0.2) is 0 Å². The van der Waals surface area contributed by atoms with E-state index in [0.717, 1.165) is 4.90 Å². The fourth-order valence-electron chi connectivity index (χ4n) is 2.86. The van der Waals surface area contributed by atoms with Crippen LogP contribution in [-0.4, -0.2) is 42.2 Å². The van der Waals surface area contributed by atoms with Gasteiger partial charge in [-0.3, -0.25) is 9.59 Å². The molecule has 10 heteroatoms. The molecule has 9 nitrogen and oxygen atoms in total. The molecular weight excluding hydrogens is 384 g/mol. The number of ether oxygens (including phenoxy) is 3. The molecule has 1 aromatic rings. The van der Waals surface area contributed by atoms with Crippen molar-refractivity contribution in [1.82, 2.24) is 0 Å². The van der Waals surface area contributed by atoms with Crippen molar-refractivity contribution in [3.63, 3.8) is 0 Å². The molecule has 1 aliphatic heterocycles. The van der Waals surface area contributed by atoms with Gasteiger partial charge in [0, 0.05) is 29.6 Å². The smallest absolute Gasteiger partial charge is 0.303 e. The molecule has 2 unspecified atom stereocenters. The van der Waals surface area contributed by atoms with Gasteiger partial charge in [-0.2, -0.15) is 5.26 Å². The van der Waals surface area contributed by atoms with Gasteiger partial charge in [-0.25, -0.2) is 0 Å². The fourth-order valence-corrected chi connectivity index (χ4v) is 4.06. The van der Waals surface area contributed by atoms with Crippen molar-refractivity contribution in [3.05, 3.63) is 40.3 Å². The fraction of sp³-hybridized carbons (Fsp3) is 0.500. The zero-order chi connectivity index (χ0) is 20.7. The zero-order valence-electron chi connectivity index (χ0n) is 15.6. The molecule has 1 aliphatic rings. The number of carbonyl (C=O) groups is 2. The summed E-state index contributed by atoms with van der Waals surface area (Å²) in [5.74, 6) is -1.38. The van der Waals surface area contributed by atoms with Crippen molar-refractivity contribution in [2.45, 2.75) is 49.4 Å². The molecule has 148 valence electrons. The number of esters is 2. The van der Waals surface area contributed by atoms with Gasteiger partial charge in [0.25, 0.3) is 0 Å². The van der Waals surface area contributed by atoms with E-state index in [-0.39, 0.29) is 12.5 Å². The average molecular weight is 404 g/mol. The molecule has 0 radical (unpaired) electrons. The second kappa shape index (κ2) is 9.99. The quantitative estimate of drug-likeness (QED) is 0.307. The summed E-state index contributed by atoms with van der Waals surface area (Å²) >= 11 is 1.35. The van der Waals surface area contributed by atoms with Gasteiger partial charge in [-0.15, -0.1) is 0 Å². The highest BCUT2D eigenvalue weighted by atomic mass is 32.2. The van der Waals surface area contributed by atoms with E-state index in [4.69, 9.17) is 25.0 Å². The minimum atomic E-state index is -0.884. The monoisotopic (exact) mass is 404 g/mol. The van der Waals surface area contributed by atoms with E-state index in [9.17, 15) is 9.59 Å². The first kappa shape index (κ1) is 21.6. The van der Waals surface area contributed by atoms with Crippen LogP contribution in [0.1, 0.15) is 26.3 Å². The number of nitriles is 1. The van der Waals surface area contributed by atoms with Gasteiger partial charge in [-0.05, 0) is 23.7 Å². The van der Waals surface area contributed by atoms with Crippen LogP contribution in [-0.2, 0) is 23.8 Å². The molecule has 0 saturated carbocycles. The third kappa shape index (κ3) is 5.63. The van der Waals surface area contributed by atoms with Crippen molar-refractivity contribution in [1.29, 1.82) is 5.26 Å². The van der Waals surface area contributed by atoms with Crippen LogP contribution in [0.5, 0.6) is 0 Å². The number of rotatable bonds is 6. The molecule has 1 saturated heterocycles. The van der Waals surface area contributed by atoms with Crippen molar-refractivity contribution >= 4 is 23.7 Å². The molecule has 2 rings (SSSR count). The summed E-state index contributed by atoms with van der Waals surface area (Å²) in [6, 6.07) is 8.39. The maximum atomic E-state index is 11.5. The third-order valence-corrected chi connectivity index (χ3v) is 5.43. The van der Waals surface area contributed by atoms with Crippen molar-refractivity contribution in [2.75, 3.05) is 6.61 Å². The Labute approximate surface area is 166 Å². The average Bonchev–Trinajstić information content (AvgIpc) is 2.65. The van der Waals surface area contributed by atoms with Crippen LogP contribution in [0.25, 0.3) is 10.4 Å². The van der Waals surface area contributed by atoms with E-state index in [2.05, 4.69) is 16.1 Å². The van der Waals surface area contributed by atoms with Crippen LogP contribution in [0.2, 0.25) is 0 Å². The van der Waals surface area contributed by atoms with Crippen LogP contribution in [0.4, 0.5) is 0 Å². The highest BCUT2D eigenvalue weighted by molar-refractivity contribution is 7.99. The number of benzene rings is 1. The van der Waals surface area contributed by atoms with E-state index < -0.39 is 35.6 Å². The van der Waals surface area contributed by atoms with Crippen LogP contribution >= 0.6 is 11.8 Å². The number of hydrogen-bond acceptors (Lipinski definition) is 8. The number of nitrogens with zero attached hydrogens (tertiary/aromatic N) is 4. The number of thioether (sulfide) groups is 1. The lowest BCUT2D eigenvalue weighted by atomic mass is 9.91. The molecule has 1 heterocycles. The topological polar surface area (TPSA) is 134 Å². The molecule has 1 fully saturated rings. The highest BCUT2D eigenvalue weighted by Gasteiger charge is 2.46. The van der Waals surface area contributed by atoms with Gasteiger partial charge in [-0.1, -0.05) is 29.9 Å². The summed E-state index contributed by atoms with van der Waals surface area (Å²) in [7, 11) is 0. The molecule has 1 aromatic carbocycles. The maximum Gasteiger partial charge on any atom is 0.303 e. The molecule has 0 aliphatic carbocycles. The summed E-state index contributed by atoms with van der Waals surface area (Å²) in [4.78, 5) is 26.4. The number of azide groups is 1. The summed E-state index contributed by atoms with van der Waals surface area (Å²) in [5.41, 5.74) is 9.02. The lowest BCUT2D eigenvalue weighted by molar-refractivity contribution is -0.182. The Morgan fingerprint density at radius 3 is 2.75 bits per heavy atom. The first-order valence-electron chi connectivity index (χ1n) is 8.52. The molecular formula is C18H20N4O5S. The van der Waals surface area contributed by atoms with Gasteiger partial charge < -0.3 is 14.2 Å². The van der Waals surface area contributed by atoms with Crippen LogP contribution in [0, 0.1) is 17.2 Å². The van der Waals surface area contributed by atoms with E-state index in [1.807, 2.05) is 13.0 Å². The predicted molar refractivity (Wildman–Crippen MR) is 100.0 cm³/mol. The Morgan fingerprint density at radius 2 is 2.14 bits per heavy atom. The SMILES string of the molecule is CC(=O)OCC1O[C@H](Sc2cccc(C#N)c2)C(C)[C@@H](N=[N+]=[N-])[C@H]1OC(C)=O. The second-order valence-corrected chi connectivity index (χ2v) is 7.40.